The fourth-order valence-corrected chi connectivity index (χ4v) is 1.48. The molecule has 0 heterocycles. The van der Waals surface area contributed by atoms with Gasteiger partial charge in [-0.2, -0.15) is 13.2 Å². The minimum atomic E-state index is -4.22. The van der Waals surface area contributed by atoms with E-state index in [1.807, 2.05) is 19.1 Å². The lowest BCUT2D eigenvalue weighted by atomic mass is 10.2. The number of alkyl halides is 3. The second-order valence-corrected chi connectivity index (χ2v) is 3.75. The number of aryl methyl sites for hydroxylation is 1. The predicted molar refractivity (Wildman–Crippen MR) is 52.2 cm³/mol. The Kier molecular flexibility index (Phi) is 3.63. The van der Waals surface area contributed by atoms with Crippen molar-refractivity contribution in [3.63, 3.8) is 0 Å². The second-order valence-electron chi connectivity index (χ2n) is 2.78. The zero-order valence-electron chi connectivity index (χ0n) is 7.51. The second kappa shape index (κ2) is 4.55. The molecule has 1 rings (SSSR count). The summed E-state index contributed by atoms with van der Waals surface area (Å²) in [5.74, 6) is 0. The Morgan fingerprint density at radius 3 is 2.21 bits per heavy atom. The standard InChI is InChI=1S/C10H9F3S/c1-8-2-4-9(5-3-8)14-7-6-10(11,12)13/h2-7H,1H3. The van der Waals surface area contributed by atoms with Crippen molar-refractivity contribution in [2.45, 2.75) is 18.0 Å². The Morgan fingerprint density at radius 1 is 1.14 bits per heavy atom. The van der Waals surface area contributed by atoms with Crippen molar-refractivity contribution in [3.05, 3.63) is 41.3 Å². The van der Waals surface area contributed by atoms with Gasteiger partial charge in [0, 0.05) is 11.0 Å². The molecule has 0 nitrogen and oxygen atoms in total. The lowest BCUT2D eigenvalue weighted by molar-refractivity contribution is -0.0796. The maximum atomic E-state index is 11.7. The van der Waals surface area contributed by atoms with Gasteiger partial charge in [0.2, 0.25) is 0 Å². The number of thioether (sulfide) groups is 1. The van der Waals surface area contributed by atoms with E-state index in [1.165, 1.54) is 0 Å². The van der Waals surface area contributed by atoms with Gasteiger partial charge in [-0.15, -0.1) is 0 Å². The number of halogens is 3. The van der Waals surface area contributed by atoms with Crippen LogP contribution in [0.25, 0.3) is 0 Å². The van der Waals surface area contributed by atoms with Crippen LogP contribution in [0.5, 0.6) is 0 Å². The molecule has 14 heavy (non-hydrogen) atoms. The summed E-state index contributed by atoms with van der Waals surface area (Å²) in [4.78, 5) is 0.802. The van der Waals surface area contributed by atoms with Crippen molar-refractivity contribution in [2.24, 2.45) is 0 Å². The fourth-order valence-electron chi connectivity index (χ4n) is 0.807. The van der Waals surface area contributed by atoms with Gasteiger partial charge < -0.3 is 0 Å². The minimum absolute atomic E-state index is 0.234. The van der Waals surface area contributed by atoms with Gasteiger partial charge in [-0.25, -0.2) is 0 Å². The smallest absolute Gasteiger partial charge is 0.167 e. The van der Waals surface area contributed by atoms with E-state index in [-0.39, 0.29) is 6.08 Å². The van der Waals surface area contributed by atoms with Crippen LogP contribution in [0.15, 0.2) is 40.6 Å². The molecule has 1 aromatic rings. The first-order valence-electron chi connectivity index (χ1n) is 3.95. The molecule has 1 aromatic carbocycles. The number of rotatable bonds is 2. The lowest BCUT2D eigenvalue weighted by Gasteiger charge is -1.98. The summed E-state index contributed by atoms with van der Waals surface area (Å²) in [6.45, 7) is 1.93. The summed E-state index contributed by atoms with van der Waals surface area (Å²) in [7, 11) is 0. The van der Waals surface area contributed by atoms with Gasteiger partial charge >= 0.3 is 6.18 Å². The summed E-state index contributed by atoms with van der Waals surface area (Å²) in [5.41, 5.74) is 1.09. The Balaban J connectivity index is 2.54. The highest BCUT2D eigenvalue weighted by Gasteiger charge is 2.21. The van der Waals surface area contributed by atoms with E-state index in [2.05, 4.69) is 0 Å². The normalized spacial score (nSPS) is 12.3. The maximum Gasteiger partial charge on any atom is 0.410 e. The van der Waals surface area contributed by atoms with Gasteiger partial charge in [0.1, 0.15) is 0 Å². The van der Waals surface area contributed by atoms with E-state index >= 15 is 0 Å². The molecule has 0 amide bonds. The molecule has 0 aliphatic heterocycles. The van der Waals surface area contributed by atoms with E-state index in [4.69, 9.17) is 0 Å². The summed E-state index contributed by atoms with van der Waals surface area (Å²) >= 11 is 1.06. The summed E-state index contributed by atoms with van der Waals surface area (Å²) in [6.07, 6.45) is -3.99. The van der Waals surface area contributed by atoms with Crippen molar-refractivity contribution in [2.75, 3.05) is 0 Å². The monoisotopic (exact) mass is 218 g/mol. The third kappa shape index (κ3) is 4.37. The molecule has 4 heteroatoms. The molecule has 0 aliphatic carbocycles. The van der Waals surface area contributed by atoms with E-state index in [0.29, 0.717) is 0 Å². The average molecular weight is 218 g/mol. The number of hydrogen-bond donors (Lipinski definition) is 0. The third-order valence-electron chi connectivity index (χ3n) is 1.48. The van der Waals surface area contributed by atoms with E-state index in [1.54, 1.807) is 12.1 Å². The maximum absolute atomic E-state index is 11.7. The summed E-state index contributed by atoms with van der Waals surface area (Å²) in [5, 5.41) is 1.05. The molecule has 0 N–H and O–H groups in total. The molecular weight excluding hydrogens is 209 g/mol. The largest absolute Gasteiger partial charge is 0.410 e. The Morgan fingerprint density at radius 2 is 1.71 bits per heavy atom. The third-order valence-corrected chi connectivity index (χ3v) is 2.30. The quantitative estimate of drug-likeness (QED) is 0.671. The van der Waals surface area contributed by atoms with Crippen molar-refractivity contribution in [1.82, 2.24) is 0 Å². The van der Waals surface area contributed by atoms with Crippen molar-refractivity contribution in [3.8, 4) is 0 Å². The molecule has 0 aliphatic rings. The highest BCUT2D eigenvalue weighted by molar-refractivity contribution is 8.02. The van der Waals surface area contributed by atoms with Crippen molar-refractivity contribution < 1.29 is 13.2 Å². The molecule has 0 unspecified atom stereocenters. The molecule has 0 saturated heterocycles. The molecule has 0 saturated carbocycles. The van der Waals surface area contributed by atoms with Crippen LogP contribution in [0.4, 0.5) is 13.2 Å². The molecule has 0 bridgehead atoms. The van der Waals surface area contributed by atoms with Gasteiger partial charge in [-0.1, -0.05) is 29.5 Å². The van der Waals surface area contributed by atoms with E-state index in [0.717, 1.165) is 27.6 Å². The van der Waals surface area contributed by atoms with Crippen LogP contribution in [0.2, 0.25) is 0 Å². The van der Waals surface area contributed by atoms with Gasteiger partial charge in [0.25, 0.3) is 0 Å². The predicted octanol–water partition coefficient (Wildman–Crippen LogP) is 4.16. The fraction of sp³-hybridized carbons (Fsp3) is 0.200. The van der Waals surface area contributed by atoms with Crippen LogP contribution < -0.4 is 0 Å². The van der Waals surface area contributed by atoms with Crippen LogP contribution in [0.1, 0.15) is 5.56 Å². The Bertz CT molecular complexity index is 311. The molecule has 0 fully saturated rings. The van der Waals surface area contributed by atoms with Crippen molar-refractivity contribution >= 4 is 11.8 Å². The summed E-state index contributed by atoms with van der Waals surface area (Å²) < 4.78 is 35.2. The van der Waals surface area contributed by atoms with Gasteiger partial charge in [0.15, 0.2) is 0 Å². The number of hydrogen-bond acceptors (Lipinski definition) is 1. The molecular formula is C10H9F3S. The molecule has 0 atom stereocenters. The number of benzene rings is 1. The first-order chi connectivity index (χ1) is 6.47. The molecule has 0 spiro atoms. The Hall–Kier alpha value is -0.900. The highest BCUT2D eigenvalue weighted by Crippen LogP contribution is 2.23. The van der Waals surface area contributed by atoms with E-state index in [9.17, 15) is 13.2 Å². The van der Waals surface area contributed by atoms with Gasteiger partial charge in [-0.3, -0.25) is 0 Å². The molecule has 76 valence electrons. The summed E-state index contributed by atoms with van der Waals surface area (Å²) in [6, 6.07) is 7.31. The van der Waals surface area contributed by atoms with Gasteiger partial charge in [-0.05, 0) is 24.5 Å². The molecule has 0 radical (unpaired) electrons. The van der Waals surface area contributed by atoms with Crippen LogP contribution in [0.3, 0.4) is 0 Å². The van der Waals surface area contributed by atoms with E-state index < -0.39 is 6.18 Å². The average Bonchev–Trinajstić information content (AvgIpc) is 2.06. The SMILES string of the molecule is Cc1ccc(SC=CC(F)(F)F)cc1. The van der Waals surface area contributed by atoms with Crippen LogP contribution >= 0.6 is 11.8 Å². The first-order valence-corrected chi connectivity index (χ1v) is 4.83. The van der Waals surface area contributed by atoms with Gasteiger partial charge in [0.05, 0.1) is 0 Å². The first kappa shape index (κ1) is 11.2. The van der Waals surface area contributed by atoms with Crippen LogP contribution in [-0.4, -0.2) is 6.18 Å². The van der Waals surface area contributed by atoms with Crippen molar-refractivity contribution in [1.29, 1.82) is 0 Å². The van der Waals surface area contributed by atoms with Crippen LogP contribution in [0, 0.1) is 6.92 Å². The highest BCUT2D eigenvalue weighted by atomic mass is 32.2. The van der Waals surface area contributed by atoms with Crippen LogP contribution in [-0.2, 0) is 0 Å². The lowest BCUT2D eigenvalue weighted by Crippen LogP contribution is -1.99. The number of allylic oxidation sites excluding steroid dienone is 1. The Labute approximate surface area is 84.8 Å². The topological polar surface area (TPSA) is 0 Å². The zero-order chi connectivity index (χ0) is 10.6. The zero-order valence-corrected chi connectivity index (χ0v) is 8.32. The minimum Gasteiger partial charge on any atom is -0.167 e. The molecule has 0 aromatic heterocycles.